The number of rotatable bonds is 18. The Balaban J connectivity index is 0.000000609. The van der Waals surface area contributed by atoms with Crippen LogP contribution in [0.1, 0.15) is 27.8 Å². The highest BCUT2D eigenvalue weighted by Gasteiger charge is 2.27. The molecular formula is C43H55N3O8S2. The summed E-state index contributed by atoms with van der Waals surface area (Å²) in [7, 11) is -2.34. The second-order valence-corrected chi connectivity index (χ2v) is 16.5. The summed E-state index contributed by atoms with van der Waals surface area (Å²) >= 11 is 0. The fourth-order valence-corrected chi connectivity index (χ4v) is 6.40. The summed E-state index contributed by atoms with van der Waals surface area (Å²) in [6.07, 6.45) is 0. The Labute approximate surface area is 334 Å². The molecule has 302 valence electrons. The molecule has 0 aliphatic heterocycles. The summed E-state index contributed by atoms with van der Waals surface area (Å²) in [5, 5.41) is 0. The van der Waals surface area contributed by atoms with Crippen LogP contribution in [0.2, 0.25) is 0 Å². The Kier molecular flexibility index (Phi) is 19.0. The molecule has 0 spiro atoms. The fraction of sp³-hybridized carbons (Fsp3) is 0.302. The van der Waals surface area contributed by atoms with Gasteiger partial charge in [0, 0.05) is 41.9 Å². The maximum Gasteiger partial charge on any atom is 0.217 e. The second-order valence-electron chi connectivity index (χ2n) is 14.2. The molecule has 0 atom stereocenters. The van der Waals surface area contributed by atoms with Gasteiger partial charge in [-0.3, -0.25) is 13.3 Å². The zero-order chi connectivity index (χ0) is 40.9. The van der Waals surface area contributed by atoms with Crippen molar-refractivity contribution < 1.29 is 43.3 Å². The summed E-state index contributed by atoms with van der Waals surface area (Å²) < 4.78 is 64.0. The van der Waals surface area contributed by atoms with E-state index in [1.807, 2.05) is 0 Å². The first-order valence-corrected chi connectivity index (χ1v) is 20.9. The van der Waals surface area contributed by atoms with Crippen LogP contribution in [0.15, 0.2) is 152 Å². The van der Waals surface area contributed by atoms with Gasteiger partial charge in [0.15, 0.2) is 0 Å². The SMILES string of the molecule is COS(=O)(=O)[O-].COS(=O)(=O)[O-].C[N+](CCN(CC[N+](C)(Cc1ccccc1)Cc1ccccc1)Cc1ccccc1)(Cc1ccccc1)Cc1ccccc1. The van der Waals surface area contributed by atoms with Crippen molar-refractivity contribution >= 4 is 20.8 Å². The first-order chi connectivity index (χ1) is 26.6. The Hall–Kier alpha value is -4.28. The van der Waals surface area contributed by atoms with Crippen LogP contribution in [0.25, 0.3) is 0 Å². The lowest BCUT2D eigenvalue weighted by Crippen LogP contribution is -2.50. The van der Waals surface area contributed by atoms with Gasteiger partial charge >= 0.3 is 0 Å². The quantitative estimate of drug-likeness (QED) is 0.0563. The molecule has 0 aromatic heterocycles. The fourth-order valence-electron chi connectivity index (χ4n) is 6.40. The van der Waals surface area contributed by atoms with Gasteiger partial charge in [0.1, 0.15) is 26.2 Å². The molecule has 0 bridgehead atoms. The number of likely N-dealkylation sites (N-methyl/N-ethyl adjacent to an activating group) is 2. The third-order valence-corrected chi connectivity index (χ3v) is 10.0. The van der Waals surface area contributed by atoms with Gasteiger partial charge in [-0.25, -0.2) is 16.8 Å². The lowest BCUT2D eigenvalue weighted by Gasteiger charge is -2.39. The van der Waals surface area contributed by atoms with Crippen molar-refractivity contribution in [1.29, 1.82) is 0 Å². The van der Waals surface area contributed by atoms with Gasteiger partial charge in [0.2, 0.25) is 20.8 Å². The smallest absolute Gasteiger partial charge is 0.217 e. The Bertz CT molecular complexity index is 1810. The van der Waals surface area contributed by atoms with Crippen LogP contribution in [-0.2, 0) is 61.9 Å². The normalized spacial score (nSPS) is 11.9. The molecule has 13 heteroatoms. The number of hydrogen-bond acceptors (Lipinski definition) is 9. The molecule has 0 aliphatic rings. The maximum atomic E-state index is 9.22. The predicted molar refractivity (Wildman–Crippen MR) is 218 cm³/mol. The highest BCUT2D eigenvalue weighted by atomic mass is 32.3. The number of quaternary nitrogens is 2. The van der Waals surface area contributed by atoms with Gasteiger partial charge in [-0.15, -0.1) is 0 Å². The molecule has 5 rings (SSSR count). The minimum atomic E-state index is -4.41. The highest BCUT2D eigenvalue weighted by Crippen LogP contribution is 2.21. The minimum Gasteiger partial charge on any atom is -0.726 e. The van der Waals surface area contributed by atoms with Crippen molar-refractivity contribution in [1.82, 2.24) is 4.90 Å². The van der Waals surface area contributed by atoms with E-state index in [1.165, 1.54) is 27.8 Å². The van der Waals surface area contributed by atoms with Crippen molar-refractivity contribution in [3.05, 3.63) is 179 Å². The monoisotopic (exact) mass is 805 g/mol. The molecular weight excluding hydrogens is 751 g/mol. The second kappa shape index (κ2) is 23.1. The molecule has 0 N–H and O–H groups in total. The summed E-state index contributed by atoms with van der Waals surface area (Å²) in [6.45, 7) is 9.29. The molecule has 0 radical (unpaired) electrons. The molecule has 0 unspecified atom stereocenters. The van der Waals surface area contributed by atoms with Gasteiger partial charge in [0.25, 0.3) is 0 Å². The lowest BCUT2D eigenvalue weighted by atomic mass is 10.1. The van der Waals surface area contributed by atoms with Gasteiger partial charge in [-0.05, 0) is 5.56 Å². The first-order valence-electron chi connectivity index (χ1n) is 18.2. The third-order valence-electron chi connectivity index (χ3n) is 9.20. The van der Waals surface area contributed by atoms with E-state index in [2.05, 4.69) is 179 Å². The van der Waals surface area contributed by atoms with Gasteiger partial charge < -0.3 is 18.1 Å². The highest BCUT2D eigenvalue weighted by molar-refractivity contribution is 7.81. The van der Waals surface area contributed by atoms with Crippen molar-refractivity contribution in [2.45, 2.75) is 32.7 Å². The topological polar surface area (TPSA) is 136 Å². The zero-order valence-corrected chi connectivity index (χ0v) is 34.4. The van der Waals surface area contributed by atoms with E-state index >= 15 is 0 Å². The van der Waals surface area contributed by atoms with E-state index in [-0.39, 0.29) is 0 Å². The van der Waals surface area contributed by atoms with Crippen LogP contribution in [0, 0.1) is 0 Å². The number of nitrogens with zero attached hydrogens (tertiary/aromatic N) is 3. The van der Waals surface area contributed by atoms with E-state index in [1.54, 1.807) is 0 Å². The molecule has 5 aromatic carbocycles. The molecule has 11 nitrogen and oxygen atoms in total. The molecule has 0 amide bonds. The number of hydrogen-bond donors (Lipinski definition) is 0. The Morgan fingerprint density at radius 2 is 0.661 bits per heavy atom. The number of benzene rings is 5. The van der Waals surface area contributed by atoms with Crippen LogP contribution in [0.4, 0.5) is 0 Å². The zero-order valence-electron chi connectivity index (χ0n) is 32.7. The van der Waals surface area contributed by atoms with Crippen LogP contribution < -0.4 is 0 Å². The van der Waals surface area contributed by atoms with Crippen LogP contribution in [0.5, 0.6) is 0 Å². The summed E-state index contributed by atoms with van der Waals surface area (Å²) in [6, 6.07) is 55.0. The average Bonchev–Trinajstić information content (AvgIpc) is 3.18. The largest absolute Gasteiger partial charge is 0.726 e. The van der Waals surface area contributed by atoms with Crippen molar-refractivity contribution in [3.8, 4) is 0 Å². The van der Waals surface area contributed by atoms with E-state index < -0.39 is 20.8 Å². The molecule has 0 saturated carbocycles. The lowest BCUT2D eigenvalue weighted by molar-refractivity contribution is -0.937. The van der Waals surface area contributed by atoms with E-state index in [9.17, 15) is 25.9 Å². The molecule has 56 heavy (non-hydrogen) atoms. The maximum absolute atomic E-state index is 9.22. The molecule has 0 saturated heterocycles. The van der Waals surface area contributed by atoms with E-state index in [4.69, 9.17) is 0 Å². The molecule has 5 aromatic rings. The van der Waals surface area contributed by atoms with Crippen molar-refractivity contribution in [2.24, 2.45) is 0 Å². The van der Waals surface area contributed by atoms with Gasteiger partial charge in [0.05, 0.1) is 41.4 Å². The third kappa shape index (κ3) is 19.5. The Morgan fingerprint density at radius 3 is 0.875 bits per heavy atom. The summed E-state index contributed by atoms with van der Waals surface area (Å²) in [5.41, 5.74) is 6.98. The molecule has 0 fully saturated rings. The van der Waals surface area contributed by atoms with Crippen molar-refractivity contribution in [2.75, 3.05) is 54.5 Å². The minimum absolute atomic E-state index is 0.808. The first kappa shape index (κ1) is 46.1. The average molecular weight is 806 g/mol. The van der Waals surface area contributed by atoms with Crippen LogP contribution in [0.3, 0.4) is 0 Å². The summed E-state index contributed by atoms with van der Waals surface area (Å²) in [5.74, 6) is 0. The molecule has 0 heterocycles. The van der Waals surface area contributed by atoms with E-state index in [0.29, 0.717) is 0 Å². The van der Waals surface area contributed by atoms with Crippen molar-refractivity contribution in [3.63, 3.8) is 0 Å². The predicted octanol–water partition coefficient (Wildman–Crippen LogP) is 6.37. The van der Waals surface area contributed by atoms with Crippen LogP contribution >= 0.6 is 0 Å². The van der Waals surface area contributed by atoms with E-state index in [0.717, 1.165) is 82.1 Å². The van der Waals surface area contributed by atoms with Gasteiger partial charge in [-0.1, -0.05) is 152 Å². The standard InChI is InChI=1S/C41H49N3.2CH4O4S/c1-43(33-38-20-10-4-11-21-38,34-39-22-12-5-13-23-39)30-28-42(32-37-18-8-3-9-19-37)29-31-44(2,35-40-24-14-6-15-25-40)36-41-26-16-7-17-27-41;2*1-5-6(2,3)4/h3-27H,28-36H2,1-2H3;2*1H3,(H,2,3,4)/q+2;;/p-2. The summed E-state index contributed by atoms with van der Waals surface area (Å²) in [4.78, 5) is 2.70. The van der Waals surface area contributed by atoms with Crippen LogP contribution in [-0.4, -0.2) is 94.3 Å². The van der Waals surface area contributed by atoms with Gasteiger partial charge in [-0.2, -0.15) is 0 Å². The Morgan fingerprint density at radius 1 is 0.446 bits per heavy atom. The molecule has 0 aliphatic carbocycles.